The average Bonchev–Trinajstić information content (AvgIpc) is 2.22. The third kappa shape index (κ3) is 2.84. The zero-order chi connectivity index (χ0) is 11.3. The summed E-state index contributed by atoms with van der Waals surface area (Å²) in [6.07, 6.45) is 2.12. The summed E-state index contributed by atoms with van der Waals surface area (Å²) in [7, 11) is 0. The van der Waals surface area contributed by atoms with Gasteiger partial charge in [-0.3, -0.25) is 0 Å². The Kier molecular flexibility index (Phi) is 4.39. The van der Waals surface area contributed by atoms with Crippen molar-refractivity contribution < 1.29 is 4.79 Å². The molecule has 0 saturated carbocycles. The second kappa shape index (κ2) is 5.58. The number of benzene rings is 1. The van der Waals surface area contributed by atoms with Gasteiger partial charge in [-0.2, -0.15) is 0 Å². The maximum Gasteiger partial charge on any atom is 0.124 e. The van der Waals surface area contributed by atoms with E-state index < -0.39 is 0 Å². The topological polar surface area (TPSA) is 17.1 Å². The molecule has 0 radical (unpaired) electrons. The maximum atomic E-state index is 10.5. The number of rotatable bonds is 3. The molecule has 2 heteroatoms. The summed E-state index contributed by atoms with van der Waals surface area (Å²) >= 11 is 6.10. The number of hydrogen-bond donors (Lipinski definition) is 0. The highest BCUT2D eigenvalue weighted by Gasteiger charge is 2.07. The Labute approximate surface area is 95.5 Å². The third-order valence-electron chi connectivity index (χ3n) is 2.23. The van der Waals surface area contributed by atoms with E-state index in [1.807, 2.05) is 19.1 Å². The van der Waals surface area contributed by atoms with Crippen LogP contribution in [0.25, 0.3) is 0 Å². The van der Waals surface area contributed by atoms with Gasteiger partial charge < -0.3 is 4.79 Å². The number of halogens is 1. The van der Waals surface area contributed by atoms with Gasteiger partial charge in [-0.15, -0.1) is 5.92 Å². The van der Waals surface area contributed by atoms with Crippen LogP contribution in [0.4, 0.5) is 0 Å². The summed E-state index contributed by atoms with van der Waals surface area (Å²) in [4.78, 5) is 10.5. The molecule has 1 aromatic carbocycles. The largest absolute Gasteiger partial charge is 0.303 e. The van der Waals surface area contributed by atoms with E-state index in [-0.39, 0.29) is 0 Å². The van der Waals surface area contributed by atoms with Crippen LogP contribution in [0.3, 0.4) is 0 Å². The highest BCUT2D eigenvalue weighted by atomic mass is 35.5. The van der Waals surface area contributed by atoms with E-state index in [1.165, 1.54) is 0 Å². The Morgan fingerprint density at radius 2 is 2.20 bits per heavy atom. The molecular weight excluding hydrogens is 208 g/mol. The van der Waals surface area contributed by atoms with E-state index in [4.69, 9.17) is 11.6 Å². The first kappa shape index (κ1) is 11.8. The summed E-state index contributed by atoms with van der Waals surface area (Å²) in [5, 5.41) is 0.638. The van der Waals surface area contributed by atoms with E-state index in [0.29, 0.717) is 11.4 Å². The second-order valence-corrected chi connectivity index (χ2v) is 3.60. The van der Waals surface area contributed by atoms with Crippen molar-refractivity contribution in [2.24, 2.45) is 0 Å². The maximum absolute atomic E-state index is 10.5. The lowest BCUT2D eigenvalue weighted by Crippen LogP contribution is -1.96. The molecule has 0 aromatic heterocycles. The summed E-state index contributed by atoms with van der Waals surface area (Å²) in [5.74, 6) is 5.81. The molecule has 1 rings (SSSR count). The van der Waals surface area contributed by atoms with E-state index in [9.17, 15) is 4.79 Å². The molecule has 0 atom stereocenters. The summed E-state index contributed by atoms with van der Waals surface area (Å²) in [5.41, 5.74) is 2.94. The number of carbonyl (C=O) groups is 1. The molecule has 0 saturated heterocycles. The minimum Gasteiger partial charge on any atom is -0.303 e. The Morgan fingerprint density at radius 3 is 2.73 bits per heavy atom. The molecule has 0 aliphatic heterocycles. The van der Waals surface area contributed by atoms with E-state index in [1.54, 1.807) is 6.92 Å². The van der Waals surface area contributed by atoms with Gasteiger partial charge in [-0.05, 0) is 36.6 Å². The highest BCUT2D eigenvalue weighted by Crippen LogP contribution is 2.23. The first-order valence-corrected chi connectivity index (χ1v) is 5.28. The van der Waals surface area contributed by atoms with Crippen LogP contribution in [0.2, 0.25) is 5.02 Å². The molecule has 0 spiro atoms. The van der Waals surface area contributed by atoms with Crippen molar-refractivity contribution in [3.63, 3.8) is 0 Å². The van der Waals surface area contributed by atoms with Crippen molar-refractivity contribution in [1.82, 2.24) is 0 Å². The summed E-state index contributed by atoms with van der Waals surface area (Å²) in [6.45, 7) is 3.84. The van der Waals surface area contributed by atoms with Crippen LogP contribution >= 0.6 is 11.6 Å². The average molecular weight is 221 g/mol. The second-order valence-electron chi connectivity index (χ2n) is 3.20. The molecule has 0 unspecified atom stereocenters. The van der Waals surface area contributed by atoms with Crippen molar-refractivity contribution in [3.05, 3.63) is 33.8 Å². The minimum atomic E-state index is 0.377. The summed E-state index contributed by atoms with van der Waals surface area (Å²) in [6, 6.07) is 3.82. The standard InChI is InChI=1S/C13H13ClO/c1-3-5-10-8-11(4-2)12(6-7-15)13(14)9-10/h7-9H,4,6H2,1-2H3. The monoisotopic (exact) mass is 220 g/mol. The molecule has 0 bridgehead atoms. The number of aldehydes is 1. The molecule has 1 aromatic rings. The van der Waals surface area contributed by atoms with E-state index in [2.05, 4.69) is 11.8 Å². The van der Waals surface area contributed by atoms with Gasteiger partial charge in [-0.1, -0.05) is 24.4 Å². The SMILES string of the molecule is CC#Cc1cc(Cl)c(CC=O)c(CC)c1. The minimum absolute atomic E-state index is 0.377. The van der Waals surface area contributed by atoms with Crippen molar-refractivity contribution in [2.45, 2.75) is 26.7 Å². The zero-order valence-electron chi connectivity index (χ0n) is 8.93. The molecular formula is C13H13ClO. The molecule has 15 heavy (non-hydrogen) atoms. The predicted molar refractivity (Wildman–Crippen MR) is 63.2 cm³/mol. The molecule has 0 amide bonds. The van der Waals surface area contributed by atoms with E-state index in [0.717, 1.165) is 29.4 Å². The fourth-order valence-corrected chi connectivity index (χ4v) is 1.85. The Morgan fingerprint density at radius 1 is 1.47 bits per heavy atom. The Bertz CT molecular complexity index is 424. The van der Waals surface area contributed by atoms with Gasteiger partial charge in [-0.25, -0.2) is 0 Å². The number of hydrogen-bond acceptors (Lipinski definition) is 1. The van der Waals surface area contributed by atoms with Gasteiger partial charge in [0.15, 0.2) is 0 Å². The first-order valence-electron chi connectivity index (χ1n) is 4.90. The van der Waals surface area contributed by atoms with Crippen LogP contribution in [-0.4, -0.2) is 6.29 Å². The molecule has 0 aliphatic rings. The summed E-state index contributed by atoms with van der Waals surface area (Å²) < 4.78 is 0. The van der Waals surface area contributed by atoms with Crippen LogP contribution in [0.15, 0.2) is 12.1 Å². The van der Waals surface area contributed by atoms with Crippen molar-refractivity contribution in [1.29, 1.82) is 0 Å². The van der Waals surface area contributed by atoms with Gasteiger partial charge >= 0.3 is 0 Å². The highest BCUT2D eigenvalue weighted by molar-refractivity contribution is 6.31. The first-order chi connectivity index (χ1) is 7.22. The molecule has 78 valence electrons. The Hall–Kier alpha value is -1.26. The Balaban J connectivity index is 3.27. The fourth-order valence-electron chi connectivity index (χ4n) is 1.54. The zero-order valence-corrected chi connectivity index (χ0v) is 9.69. The van der Waals surface area contributed by atoms with Crippen molar-refractivity contribution in [2.75, 3.05) is 0 Å². The van der Waals surface area contributed by atoms with Crippen LogP contribution in [-0.2, 0) is 17.6 Å². The van der Waals surface area contributed by atoms with Gasteiger partial charge in [0.25, 0.3) is 0 Å². The quantitative estimate of drug-likeness (QED) is 0.565. The van der Waals surface area contributed by atoms with Gasteiger partial charge in [0.1, 0.15) is 6.29 Å². The number of aryl methyl sites for hydroxylation is 1. The van der Waals surface area contributed by atoms with Crippen LogP contribution in [0.5, 0.6) is 0 Å². The lowest BCUT2D eigenvalue weighted by Gasteiger charge is -2.08. The van der Waals surface area contributed by atoms with Crippen LogP contribution < -0.4 is 0 Å². The molecule has 0 aliphatic carbocycles. The van der Waals surface area contributed by atoms with Crippen molar-refractivity contribution in [3.8, 4) is 11.8 Å². The van der Waals surface area contributed by atoms with Gasteiger partial charge in [0, 0.05) is 17.0 Å². The lowest BCUT2D eigenvalue weighted by molar-refractivity contribution is -0.107. The van der Waals surface area contributed by atoms with Gasteiger partial charge in [0.2, 0.25) is 0 Å². The smallest absolute Gasteiger partial charge is 0.124 e. The van der Waals surface area contributed by atoms with Gasteiger partial charge in [0.05, 0.1) is 0 Å². The van der Waals surface area contributed by atoms with Crippen LogP contribution in [0.1, 0.15) is 30.5 Å². The van der Waals surface area contributed by atoms with Crippen LogP contribution in [0, 0.1) is 11.8 Å². The third-order valence-corrected chi connectivity index (χ3v) is 2.56. The molecule has 0 fully saturated rings. The molecule has 0 N–H and O–H groups in total. The number of carbonyl (C=O) groups excluding carboxylic acids is 1. The van der Waals surface area contributed by atoms with Crippen molar-refractivity contribution >= 4 is 17.9 Å². The molecule has 1 nitrogen and oxygen atoms in total. The molecule has 0 heterocycles. The fraction of sp³-hybridized carbons (Fsp3) is 0.308. The predicted octanol–water partition coefficient (Wildman–Crippen LogP) is 3.02. The normalized spacial score (nSPS) is 9.27. The van der Waals surface area contributed by atoms with E-state index >= 15 is 0 Å². The lowest BCUT2D eigenvalue weighted by atomic mass is 10.00.